The Morgan fingerprint density at radius 3 is 2.96 bits per heavy atom. The number of hydrogen-bond donors (Lipinski definition) is 1. The Morgan fingerprint density at radius 2 is 2.22 bits per heavy atom. The highest BCUT2D eigenvalue weighted by atomic mass is 16.5. The Morgan fingerprint density at radius 1 is 1.30 bits per heavy atom. The van der Waals surface area contributed by atoms with Crippen LogP contribution in [0.2, 0.25) is 0 Å². The number of benzene rings is 1. The zero-order chi connectivity index (χ0) is 18.9. The van der Waals surface area contributed by atoms with Crippen molar-refractivity contribution in [3.63, 3.8) is 0 Å². The van der Waals surface area contributed by atoms with Crippen LogP contribution in [0.25, 0.3) is 0 Å². The number of aliphatic hydroxyl groups is 1. The fourth-order valence-corrected chi connectivity index (χ4v) is 3.35. The predicted octanol–water partition coefficient (Wildman–Crippen LogP) is 2.85. The van der Waals surface area contributed by atoms with Crippen molar-refractivity contribution in [3.8, 4) is 5.75 Å². The standard InChI is InChI=1S/C21H29NO5/c1-24-19-6-2-5-17(11-19)12-22(14-20-7-3-9-26-20)13-18(23)15-25-16-21-8-4-10-27-21/h2,4-6,8,10-11,18,20,23H,3,7,9,12-16H2,1H3. The first-order valence-electron chi connectivity index (χ1n) is 9.48. The molecule has 2 heterocycles. The minimum Gasteiger partial charge on any atom is -0.497 e. The molecule has 0 amide bonds. The molecule has 6 heteroatoms. The van der Waals surface area contributed by atoms with Crippen LogP contribution in [0.1, 0.15) is 24.2 Å². The van der Waals surface area contributed by atoms with E-state index in [0.29, 0.717) is 13.2 Å². The van der Waals surface area contributed by atoms with E-state index < -0.39 is 6.10 Å². The molecule has 1 saturated heterocycles. The summed E-state index contributed by atoms with van der Waals surface area (Å²) in [7, 11) is 1.67. The Bertz CT molecular complexity index is 654. The number of nitrogens with zero attached hydrogens (tertiary/aromatic N) is 1. The Kier molecular flexibility index (Phi) is 7.71. The maximum atomic E-state index is 10.4. The Hall–Kier alpha value is -1.86. The molecule has 0 saturated carbocycles. The number of aliphatic hydroxyl groups excluding tert-OH is 1. The van der Waals surface area contributed by atoms with Crippen LogP contribution in [0.15, 0.2) is 47.1 Å². The highest BCUT2D eigenvalue weighted by molar-refractivity contribution is 5.28. The maximum Gasteiger partial charge on any atom is 0.129 e. The normalized spacial score (nSPS) is 18.1. The van der Waals surface area contributed by atoms with Gasteiger partial charge in [0.25, 0.3) is 0 Å². The molecule has 0 radical (unpaired) electrons. The molecule has 1 aliphatic rings. The summed E-state index contributed by atoms with van der Waals surface area (Å²) in [6.07, 6.45) is 3.44. The quantitative estimate of drug-likeness (QED) is 0.652. The van der Waals surface area contributed by atoms with Gasteiger partial charge in [0, 0.05) is 26.2 Å². The van der Waals surface area contributed by atoms with Crippen LogP contribution in [-0.2, 0) is 22.6 Å². The Balaban J connectivity index is 1.53. The zero-order valence-electron chi connectivity index (χ0n) is 15.9. The van der Waals surface area contributed by atoms with Crippen LogP contribution in [0.5, 0.6) is 5.75 Å². The van der Waals surface area contributed by atoms with Crippen molar-refractivity contribution in [3.05, 3.63) is 54.0 Å². The van der Waals surface area contributed by atoms with E-state index in [9.17, 15) is 5.11 Å². The van der Waals surface area contributed by atoms with Crippen molar-refractivity contribution in [1.82, 2.24) is 4.90 Å². The van der Waals surface area contributed by atoms with Gasteiger partial charge in [-0.1, -0.05) is 12.1 Å². The van der Waals surface area contributed by atoms with E-state index in [0.717, 1.165) is 49.6 Å². The van der Waals surface area contributed by atoms with Gasteiger partial charge in [-0.15, -0.1) is 0 Å². The van der Waals surface area contributed by atoms with Crippen LogP contribution in [0.3, 0.4) is 0 Å². The van der Waals surface area contributed by atoms with Gasteiger partial charge in [-0.3, -0.25) is 4.90 Å². The fraction of sp³-hybridized carbons (Fsp3) is 0.524. The van der Waals surface area contributed by atoms with Gasteiger partial charge in [0.15, 0.2) is 0 Å². The molecular formula is C21H29NO5. The highest BCUT2D eigenvalue weighted by Crippen LogP contribution is 2.18. The Labute approximate surface area is 160 Å². The molecule has 2 atom stereocenters. The van der Waals surface area contributed by atoms with E-state index >= 15 is 0 Å². The lowest BCUT2D eigenvalue weighted by Gasteiger charge is -2.27. The number of rotatable bonds is 11. The lowest BCUT2D eigenvalue weighted by molar-refractivity contribution is -0.00636. The first kappa shape index (κ1) is 19.9. The molecule has 1 aromatic carbocycles. The average molecular weight is 375 g/mol. The summed E-state index contributed by atoms with van der Waals surface area (Å²) in [5, 5.41) is 10.4. The van der Waals surface area contributed by atoms with Gasteiger partial charge in [-0.2, -0.15) is 0 Å². The van der Waals surface area contributed by atoms with Gasteiger partial charge < -0.3 is 23.7 Å². The minimum atomic E-state index is -0.577. The third-order valence-electron chi connectivity index (χ3n) is 4.63. The molecule has 6 nitrogen and oxygen atoms in total. The van der Waals surface area contributed by atoms with Crippen LogP contribution >= 0.6 is 0 Å². The lowest BCUT2D eigenvalue weighted by atomic mass is 10.1. The number of furan rings is 1. The molecule has 1 aromatic heterocycles. The van der Waals surface area contributed by atoms with Crippen LogP contribution < -0.4 is 4.74 Å². The van der Waals surface area contributed by atoms with E-state index in [-0.39, 0.29) is 12.7 Å². The SMILES string of the molecule is COc1cccc(CN(CC(O)COCc2ccco2)CC2CCCO2)c1. The predicted molar refractivity (Wildman–Crippen MR) is 102 cm³/mol. The summed E-state index contributed by atoms with van der Waals surface area (Å²) in [4.78, 5) is 2.23. The van der Waals surface area contributed by atoms with E-state index in [2.05, 4.69) is 11.0 Å². The molecule has 0 bridgehead atoms. The fourth-order valence-electron chi connectivity index (χ4n) is 3.35. The average Bonchev–Trinajstić information content (AvgIpc) is 3.36. The summed E-state index contributed by atoms with van der Waals surface area (Å²) in [6.45, 7) is 3.51. The summed E-state index contributed by atoms with van der Waals surface area (Å²) >= 11 is 0. The smallest absolute Gasteiger partial charge is 0.129 e. The highest BCUT2D eigenvalue weighted by Gasteiger charge is 2.21. The van der Waals surface area contributed by atoms with E-state index in [1.165, 1.54) is 0 Å². The first-order valence-corrected chi connectivity index (χ1v) is 9.48. The molecule has 148 valence electrons. The van der Waals surface area contributed by atoms with Gasteiger partial charge in [-0.05, 0) is 42.7 Å². The van der Waals surface area contributed by atoms with Crippen molar-refractivity contribution in [1.29, 1.82) is 0 Å². The molecule has 1 fully saturated rings. The monoisotopic (exact) mass is 375 g/mol. The summed E-state index contributed by atoms with van der Waals surface area (Å²) in [5.41, 5.74) is 1.15. The number of hydrogen-bond acceptors (Lipinski definition) is 6. The van der Waals surface area contributed by atoms with Crippen molar-refractivity contribution >= 4 is 0 Å². The van der Waals surface area contributed by atoms with Crippen molar-refractivity contribution < 1.29 is 23.7 Å². The second-order valence-electron chi connectivity index (χ2n) is 6.93. The van der Waals surface area contributed by atoms with Gasteiger partial charge in [-0.25, -0.2) is 0 Å². The van der Waals surface area contributed by atoms with Gasteiger partial charge in [0.1, 0.15) is 18.1 Å². The molecule has 3 rings (SSSR count). The number of ether oxygens (including phenoxy) is 3. The lowest BCUT2D eigenvalue weighted by Crippen LogP contribution is -2.39. The largest absolute Gasteiger partial charge is 0.497 e. The number of methoxy groups -OCH3 is 1. The summed E-state index contributed by atoms with van der Waals surface area (Å²) in [5.74, 6) is 1.60. The molecule has 0 spiro atoms. The van der Waals surface area contributed by atoms with Gasteiger partial charge in [0.05, 0.1) is 32.2 Å². The second-order valence-corrected chi connectivity index (χ2v) is 6.93. The zero-order valence-corrected chi connectivity index (χ0v) is 15.9. The molecule has 1 N–H and O–H groups in total. The molecule has 27 heavy (non-hydrogen) atoms. The molecule has 2 unspecified atom stereocenters. The van der Waals surface area contributed by atoms with Crippen molar-refractivity contribution in [2.45, 2.75) is 38.2 Å². The molecule has 0 aliphatic carbocycles. The summed E-state index contributed by atoms with van der Waals surface area (Å²) in [6, 6.07) is 11.7. The van der Waals surface area contributed by atoms with Crippen molar-refractivity contribution in [2.75, 3.05) is 33.4 Å². The molecule has 2 aromatic rings. The van der Waals surface area contributed by atoms with E-state index in [1.54, 1.807) is 13.4 Å². The minimum absolute atomic E-state index is 0.229. The maximum absolute atomic E-state index is 10.4. The second kappa shape index (κ2) is 10.5. The third kappa shape index (κ3) is 6.66. The molecular weight excluding hydrogens is 346 g/mol. The van der Waals surface area contributed by atoms with E-state index in [4.69, 9.17) is 18.6 Å². The third-order valence-corrected chi connectivity index (χ3v) is 4.63. The topological polar surface area (TPSA) is 64.3 Å². The van der Waals surface area contributed by atoms with Crippen LogP contribution in [0.4, 0.5) is 0 Å². The van der Waals surface area contributed by atoms with E-state index in [1.807, 2.05) is 30.3 Å². The van der Waals surface area contributed by atoms with Crippen molar-refractivity contribution in [2.24, 2.45) is 0 Å². The summed E-state index contributed by atoms with van der Waals surface area (Å²) < 4.78 is 21.9. The van der Waals surface area contributed by atoms with Gasteiger partial charge >= 0.3 is 0 Å². The van der Waals surface area contributed by atoms with Crippen LogP contribution in [0, 0.1) is 0 Å². The first-order chi connectivity index (χ1) is 13.2. The molecule has 1 aliphatic heterocycles. The van der Waals surface area contributed by atoms with Gasteiger partial charge in [0.2, 0.25) is 0 Å². The van der Waals surface area contributed by atoms with Crippen LogP contribution in [-0.4, -0.2) is 55.6 Å².